The summed E-state index contributed by atoms with van der Waals surface area (Å²) in [6.07, 6.45) is -0.217. The van der Waals surface area contributed by atoms with Gasteiger partial charge in [0.2, 0.25) is 5.79 Å². The third-order valence-electron chi connectivity index (χ3n) is 4.79. The summed E-state index contributed by atoms with van der Waals surface area (Å²) in [7, 11) is -5.68. The van der Waals surface area contributed by atoms with E-state index in [0.717, 1.165) is 23.3 Å². The number of nitrogens with one attached hydrogen (secondary N) is 1. The maximum atomic E-state index is 12.4. The molecule has 0 amide bonds. The zero-order valence-electron chi connectivity index (χ0n) is 19.3. The maximum Gasteiger partial charge on any atom is 2.00 e. The molecule has 1 aliphatic rings. The van der Waals surface area contributed by atoms with E-state index in [9.17, 15) is 29.0 Å². The smallest absolute Gasteiger partial charge is 0.790 e. The zero-order chi connectivity index (χ0) is 24.6. The second-order valence-corrected chi connectivity index (χ2v) is 8.41. The molecule has 13 nitrogen and oxygen atoms in total. The average Bonchev–Trinajstić information content (AvgIpc) is 2.99. The standard InChI is InChI=1S/C19H31N2O11P.Ba/c1-4-7-11-28-19(24)16(32-33(25,26)27)15(13(6-3)31-29-12-8-5-2)30-17(19)21-10-9-14(22)20-18(21)23;/h6,9-10,15-17,24H,4-5,7-8,11-12H2,1-3H3,(H,20,22,23)(H2,25,26,27);/q;+2/p-2/t15-,16-,17-,19+;/m1./s1. The number of aromatic nitrogens is 2. The molecule has 1 aromatic rings. The molecule has 4 atom stereocenters. The molecule has 34 heavy (non-hydrogen) atoms. The predicted molar refractivity (Wildman–Crippen MR) is 115 cm³/mol. The first-order valence-corrected chi connectivity index (χ1v) is 12.0. The summed E-state index contributed by atoms with van der Waals surface area (Å²) in [5, 5.41) is 11.4. The van der Waals surface area contributed by atoms with Crippen LogP contribution in [0.15, 0.2) is 33.7 Å². The van der Waals surface area contributed by atoms with E-state index < -0.39 is 43.3 Å². The first-order chi connectivity index (χ1) is 15.6. The number of H-pyrrole nitrogens is 1. The topological polar surface area (TPSA) is 184 Å². The number of phosphoric ester groups is 1. The third-order valence-corrected chi connectivity index (χ3v) is 5.28. The Balaban J connectivity index is 0.00000578. The summed E-state index contributed by atoms with van der Waals surface area (Å²) in [5.74, 6) is -2.75. The Labute approximate surface area is 236 Å². The molecule has 0 spiro atoms. The van der Waals surface area contributed by atoms with E-state index in [2.05, 4.69) is 4.52 Å². The molecule has 0 aromatic carbocycles. The van der Waals surface area contributed by atoms with Crippen molar-refractivity contribution in [3.63, 3.8) is 0 Å². The molecule has 1 saturated heterocycles. The third kappa shape index (κ3) is 8.40. The van der Waals surface area contributed by atoms with E-state index in [-0.39, 0.29) is 67.9 Å². The van der Waals surface area contributed by atoms with Gasteiger partial charge in [0, 0.05) is 12.3 Å². The number of hydrogen-bond acceptors (Lipinski definition) is 11. The van der Waals surface area contributed by atoms with Gasteiger partial charge in [0.15, 0.2) is 24.2 Å². The number of aliphatic hydroxyl groups is 1. The van der Waals surface area contributed by atoms with E-state index in [1.165, 1.54) is 13.0 Å². The zero-order valence-corrected chi connectivity index (χ0v) is 24.7. The van der Waals surface area contributed by atoms with Gasteiger partial charge in [-0.1, -0.05) is 26.7 Å². The number of allylic oxidation sites excluding steroid dienone is 1. The normalized spacial score (nSPS) is 25.2. The van der Waals surface area contributed by atoms with Crippen LogP contribution < -0.4 is 21.0 Å². The molecule has 0 unspecified atom stereocenters. The van der Waals surface area contributed by atoms with Crippen molar-refractivity contribution in [3.8, 4) is 0 Å². The number of phosphoric acid groups is 1. The van der Waals surface area contributed by atoms with Crippen LogP contribution in [0.5, 0.6) is 0 Å². The Morgan fingerprint density at radius 3 is 2.50 bits per heavy atom. The van der Waals surface area contributed by atoms with Gasteiger partial charge in [0.1, 0.15) is 0 Å². The van der Waals surface area contributed by atoms with Gasteiger partial charge in [-0.05, 0) is 25.8 Å². The first kappa shape index (κ1) is 31.8. The largest absolute Gasteiger partial charge is 2.00 e. The summed E-state index contributed by atoms with van der Waals surface area (Å²) < 4.78 is 28.3. The van der Waals surface area contributed by atoms with Crippen LogP contribution in [0.4, 0.5) is 0 Å². The fourth-order valence-electron chi connectivity index (χ4n) is 3.13. The Morgan fingerprint density at radius 1 is 1.29 bits per heavy atom. The molecule has 0 bridgehead atoms. The Bertz CT molecular complexity index is 962. The quantitative estimate of drug-likeness (QED) is 0.0541. The Hall–Kier alpha value is -0.259. The van der Waals surface area contributed by atoms with E-state index in [1.54, 1.807) is 0 Å². The van der Waals surface area contributed by atoms with E-state index in [0.29, 0.717) is 19.3 Å². The summed E-state index contributed by atoms with van der Waals surface area (Å²) in [6.45, 7) is 5.42. The van der Waals surface area contributed by atoms with E-state index in [1.807, 2.05) is 18.8 Å². The van der Waals surface area contributed by atoms with Gasteiger partial charge in [0.25, 0.3) is 5.56 Å². The van der Waals surface area contributed by atoms with Gasteiger partial charge in [-0.2, -0.15) is 4.89 Å². The molecule has 1 aromatic heterocycles. The van der Waals surface area contributed by atoms with Crippen molar-refractivity contribution in [2.75, 3.05) is 13.2 Å². The number of unbranched alkanes of at least 4 members (excludes halogenated alkanes) is 2. The maximum absolute atomic E-state index is 12.4. The van der Waals surface area contributed by atoms with Gasteiger partial charge in [-0.3, -0.25) is 14.3 Å². The fourth-order valence-corrected chi connectivity index (χ4v) is 3.67. The van der Waals surface area contributed by atoms with Crippen molar-refractivity contribution in [2.45, 2.75) is 70.7 Å². The van der Waals surface area contributed by atoms with Crippen LogP contribution in [0.3, 0.4) is 0 Å². The van der Waals surface area contributed by atoms with Crippen molar-refractivity contribution in [1.82, 2.24) is 9.55 Å². The number of rotatable bonds is 13. The second-order valence-electron chi connectivity index (χ2n) is 7.30. The summed E-state index contributed by atoms with van der Waals surface area (Å²) in [6, 6.07) is 0.993. The number of nitrogens with zero attached hydrogens (tertiary/aromatic N) is 1. The number of ether oxygens (including phenoxy) is 2. The van der Waals surface area contributed by atoms with Crippen LogP contribution >= 0.6 is 7.82 Å². The van der Waals surface area contributed by atoms with Crippen molar-refractivity contribution in [2.24, 2.45) is 0 Å². The fraction of sp³-hybridized carbons (Fsp3) is 0.684. The molecule has 188 valence electrons. The van der Waals surface area contributed by atoms with Gasteiger partial charge in [-0.25, -0.2) is 4.79 Å². The predicted octanol–water partition coefficient (Wildman–Crippen LogP) is -0.575. The van der Waals surface area contributed by atoms with Crippen LogP contribution in [0.25, 0.3) is 0 Å². The summed E-state index contributed by atoms with van der Waals surface area (Å²) in [5.41, 5.74) is -1.68. The van der Waals surface area contributed by atoms with E-state index in [4.69, 9.17) is 19.2 Å². The minimum Gasteiger partial charge on any atom is -0.790 e. The molecule has 1 aliphatic heterocycles. The van der Waals surface area contributed by atoms with Crippen molar-refractivity contribution in [3.05, 3.63) is 44.9 Å². The second kappa shape index (κ2) is 14.5. The Kier molecular flexibility index (Phi) is 13.5. The minimum atomic E-state index is -5.68. The molecule has 0 radical (unpaired) electrons. The average molecular weight is 630 g/mol. The molecule has 2 rings (SSSR count). The van der Waals surface area contributed by atoms with Crippen LogP contribution in [-0.2, 0) is 28.3 Å². The molecular weight excluding hydrogens is 601 g/mol. The van der Waals surface area contributed by atoms with Crippen LogP contribution in [0.1, 0.15) is 52.7 Å². The SMILES string of the molecule is CC=C(OOCCCC)[C@H]1O[C@@H](n2ccc(=O)[nH]c2=O)[C@@](O)(OCCCC)[C@@H]1OP(=O)([O-])[O-].[Ba+2]. The Morgan fingerprint density at radius 2 is 1.94 bits per heavy atom. The molecule has 0 saturated carbocycles. The van der Waals surface area contributed by atoms with Crippen LogP contribution in [-0.4, -0.2) is 94.7 Å². The monoisotopic (exact) mass is 630 g/mol. The van der Waals surface area contributed by atoms with Crippen LogP contribution in [0, 0.1) is 0 Å². The molecule has 1 fully saturated rings. The van der Waals surface area contributed by atoms with Gasteiger partial charge in [0.05, 0.1) is 21.0 Å². The minimum absolute atomic E-state index is 0. The molecule has 2 N–H and O–H groups in total. The summed E-state index contributed by atoms with van der Waals surface area (Å²) >= 11 is 0. The number of aromatic amines is 1. The van der Waals surface area contributed by atoms with Crippen LogP contribution in [0.2, 0.25) is 0 Å². The van der Waals surface area contributed by atoms with Gasteiger partial charge >= 0.3 is 54.6 Å². The molecular formula is C19H29BaN2O11P. The molecule has 0 aliphatic carbocycles. The van der Waals surface area contributed by atoms with Gasteiger partial charge in [-0.15, -0.1) is 0 Å². The van der Waals surface area contributed by atoms with Crippen molar-refractivity contribution in [1.29, 1.82) is 0 Å². The van der Waals surface area contributed by atoms with Gasteiger partial charge < -0.3 is 38.3 Å². The van der Waals surface area contributed by atoms with Crippen molar-refractivity contribution >= 4 is 56.7 Å². The van der Waals surface area contributed by atoms with Crippen molar-refractivity contribution < 1.29 is 43.2 Å². The van der Waals surface area contributed by atoms with E-state index >= 15 is 0 Å². The number of hydrogen-bond donors (Lipinski definition) is 2. The molecule has 15 heteroatoms. The summed E-state index contributed by atoms with van der Waals surface area (Å²) in [4.78, 5) is 59.3. The molecule has 2 heterocycles. The first-order valence-electron chi connectivity index (χ1n) is 10.6.